The Hall–Kier alpha value is -1.08. The molecule has 17 heavy (non-hydrogen) atoms. The number of nitrogens with zero attached hydrogens (tertiary/aromatic N) is 1. The third-order valence-corrected chi connectivity index (χ3v) is 3.47. The summed E-state index contributed by atoms with van der Waals surface area (Å²) in [4.78, 5) is 10.7. The van der Waals surface area contributed by atoms with Gasteiger partial charge in [-0.15, -0.1) is 0 Å². The minimum absolute atomic E-state index is 0.427. The normalized spacial score (nSPS) is 12.0. The fourth-order valence-electron chi connectivity index (χ4n) is 1.19. The maximum absolute atomic E-state index is 11.2. The summed E-state index contributed by atoms with van der Waals surface area (Å²) >= 11 is 0. The highest BCUT2D eigenvalue weighted by molar-refractivity contribution is 7.88. The summed E-state index contributed by atoms with van der Waals surface area (Å²) in [6.45, 7) is 3.33. The first-order chi connectivity index (χ1) is 7.91. The van der Waals surface area contributed by atoms with E-state index in [1.54, 1.807) is 6.92 Å². The van der Waals surface area contributed by atoms with Crippen LogP contribution >= 0.6 is 0 Å². The van der Waals surface area contributed by atoms with E-state index in [1.165, 1.54) is 29.9 Å². The fourth-order valence-corrected chi connectivity index (χ4v) is 2.12. The molecule has 0 aliphatic heterocycles. The van der Waals surface area contributed by atoms with Crippen molar-refractivity contribution in [2.24, 2.45) is 0 Å². The molecule has 0 saturated carbocycles. The quantitative estimate of drug-likeness (QED) is 0.377. The Kier molecular flexibility index (Phi) is 7.56. The number of hydrogen-bond donors (Lipinski definition) is 1. The van der Waals surface area contributed by atoms with Crippen LogP contribution in [0.15, 0.2) is 12.3 Å². The van der Waals surface area contributed by atoms with Gasteiger partial charge in [0.05, 0.1) is 13.4 Å². The van der Waals surface area contributed by atoms with Gasteiger partial charge in [-0.3, -0.25) is 0 Å². The van der Waals surface area contributed by atoms with E-state index in [4.69, 9.17) is 0 Å². The van der Waals surface area contributed by atoms with E-state index in [0.29, 0.717) is 26.1 Å². The molecular formula is C10H20N2O4S. The average Bonchev–Trinajstić information content (AvgIpc) is 2.25. The Morgan fingerprint density at radius 2 is 2.12 bits per heavy atom. The minimum atomic E-state index is -3.11. The highest BCUT2D eigenvalue weighted by Gasteiger charge is 2.12. The summed E-state index contributed by atoms with van der Waals surface area (Å²) < 4.78 is 28.3. The lowest BCUT2D eigenvalue weighted by Gasteiger charge is -2.17. The first kappa shape index (κ1) is 15.9. The molecule has 7 heteroatoms. The van der Waals surface area contributed by atoms with Gasteiger partial charge in [-0.25, -0.2) is 17.5 Å². The Morgan fingerprint density at radius 1 is 1.47 bits per heavy atom. The molecule has 0 atom stereocenters. The first-order valence-electron chi connectivity index (χ1n) is 5.34. The van der Waals surface area contributed by atoms with Gasteiger partial charge in [0, 0.05) is 31.9 Å². The molecule has 0 unspecified atom stereocenters. The average molecular weight is 264 g/mol. The van der Waals surface area contributed by atoms with E-state index in [0.717, 1.165) is 0 Å². The Balaban J connectivity index is 3.78. The van der Waals surface area contributed by atoms with Gasteiger partial charge >= 0.3 is 5.97 Å². The number of nitrogens with one attached hydrogen (secondary N) is 1. The smallest absolute Gasteiger partial charge is 0.331 e. The topological polar surface area (TPSA) is 75.7 Å². The molecule has 0 spiro atoms. The molecule has 0 amide bonds. The third-order valence-electron chi connectivity index (χ3n) is 2.09. The molecule has 0 aliphatic carbocycles. The van der Waals surface area contributed by atoms with Crippen molar-refractivity contribution in [2.45, 2.75) is 13.3 Å². The van der Waals surface area contributed by atoms with Crippen molar-refractivity contribution in [2.75, 3.05) is 33.0 Å². The molecule has 100 valence electrons. The molecule has 0 rings (SSSR count). The number of rotatable bonds is 8. The van der Waals surface area contributed by atoms with Gasteiger partial charge in [0.15, 0.2) is 0 Å². The zero-order chi connectivity index (χ0) is 13.3. The Bertz CT molecular complexity index is 351. The van der Waals surface area contributed by atoms with Gasteiger partial charge in [0.1, 0.15) is 0 Å². The van der Waals surface area contributed by atoms with Gasteiger partial charge in [-0.1, -0.05) is 6.92 Å². The predicted molar refractivity (Wildman–Crippen MR) is 65.9 cm³/mol. The van der Waals surface area contributed by atoms with Crippen LogP contribution in [0, 0.1) is 0 Å². The lowest BCUT2D eigenvalue weighted by Crippen LogP contribution is -2.32. The Labute approximate surface area is 103 Å². The van der Waals surface area contributed by atoms with Crippen LogP contribution in [0.1, 0.15) is 13.3 Å². The molecule has 6 nitrogen and oxygen atoms in total. The second-order valence-electron chi connectivity index (χ2n) is 3.42. The van der Waals surface area contributed by atoms with E-state index in [2.05, 4.69) is 10.1 Å². The highest BCUT2D eigenvalue weighted by Crippen LogP contribution is 1.97. The molecule has 0 saturated heterocycles. The van der Waals surface area contributed by atoms with Crippen LogP contribution < -0.4 is 5.32 Å². The van der Waals surface area contributed by atoms with Gasteiger partial charge in [0.25, 0.3) is 0 Å². The van der Waals surface area contributed by atoms with Crippen LogP contribution in [0.25, 0.3) is 0 Å². The van der Waals surface area contributed by atoms with Crippen LogP contribution in [0.3, 0.4) is 0 Å². The van der Waals surface area contributed by atoms with Gasteiger partial charge in [0.2, 0.25) is 10.0 Å². The molecule has 0 heterocycles. The number of ether oxygens (including phenoxy) is 1. The maximum atomic E-state index is 11.2. The molecule has 0 aromatic heterocycles. The van der Waals surface area contributed by atoms with Crippen molar-refractivity contribution in [3.8, 4) is 0 Å². The van der Waals surface area contributed by atoms with E-state index >= 15 is 0 Å². The number of methoxy groups -OCH3 is 1. The van der Waals surface area contributed by atoms with Crippen molar-refractivity contribution in [3.05, 3.63) is 12.3 Å². The molecule has 0 fully saturated rings. The second-order valence-corrected chi connectivity index (χ2v) is 5.40. The van der Waals surface area contributed by atoms with Crippen molar-refractivity contribution < 1.29 is 17.9 Å². The summed E-state index contributed by atoms with van der Waals surface area (Å²) in [6, 6.07) is 0. The molecule has 0 aliphatic rings. The SMILES string of the molecule is CCN(CCCN/C=C/C(=O)OC)S(C)(=O)=O. The summed E-state index contributed by atoms with van der Waals surface area (Å²) in [5.74, 6) is -0.427. The van der Waals surface area contributed by atoms with Gasteiger partial charge < -0.3 is 10.1 Å². The van der Waals surface area contributed by atoms with Crippen LogP contribution in [-0.4, -0.2) is 51.7 Å². The molecular weight excluding hydrogens is 244 g/mol. The number of carbonyl (C=O) groups is 1. The molecule has 0 radical (unpaired) electrons. The predicted octanol–water partition coefficient (Wildman–Crippen LogP) is -0.0657. The number of hydrogen-bond acceptors (Lipinski definition) is 5. The van der Waals surface area contributed by atoms with Crippen molar-refractivity contribution in [1.82, 2.24) is 9.62 Å². The first-order valence-corrected chi connectivity index (χ1v) is 7.19. The van der Waals surface area contributed by atoms with Crippen LogP contribution in [0.4, 0.5) is 0 Å². The summed E-state index contributed by atoms with van der Waals surface area (Å²) in [7, 11) is -1.81. The van der Waals surface area contributed by atoms with Crippen molar-refractivity contribution in [3.63, 3.8) is 0 Å². The number of carbonyl (C=O) groups excluding carboxylic acids is 1. The van der Waals surface area contributed by atoms with Crippen LogP contribution in [0.5, 0.6) is 0 Å². The number of sulfonamides is 1. The van der Waals surface area contributed by atoms with Gasteiger partial charge in [-0.2, -0.15) is 0 Å². The summed E-state index contributed by atoms with van der Waals surface area (Å²) in [5, 5.41) is 2.88. The number of esters is 1. The summed E-state index contributed by atoms with van der Waals surface area (Å²) in [5.41, 5.74) is 0. The molecule has 0 aromatic carbocycles. The highest BCUT2D eigenvalue weighted by atomic mass is 32.2. The van der Waals surface area contributed by atoms with E-state index in [1.807, 2.05) is 0 Å². The summed E-state index contributed by atoms with van der Waals surface area (Å²) in [6.07, 6.45) is 4.63. The lowest BCUT2D eigenvalue weighted by molar-refractivity contribution is -0.134. The van der Waals surface area contributed by atoms with E-state index in [9.17, 15) is 13.2 Å². The second kappa shape index (κ2) is 8.08. The molecule has 0 bridgehead atoms. The molecule has 1 N–H and O–H groups in total. The maximum Gasteiger partial charge on any atom is 0.331 e. The van der Waals surface area contributed by atoms with E-state index < -0.39 is 16.0 Å². The van der Waals surface area contributed by atoms with Crippen molar-refractivity contribution in [1.29, 1.82) is 0 Å². The lowest BCUT2D eigenvalue weighted by atomic mass is 10.4. The zero-order valence-corrected chi connectivity index (χ0v) is 11.3. The fraction of sp³-hybridized carbons (Fsp3) is 0.700. The van der Waals surface area contributed by atoms with Crippen LogP contribution in [0.2, 0.25) is 0 Å². The molecule has 0 aromatic rings. The third kappa shape index (κ3) is 7.76. The zero-order valence-electron chi connectivity index (χ0n) is 10.5. The standard InChI is InChI=1S/C10H20N2O4S/c1-4-12(17(3,14)15)9-5-7-11-8-6-10(13)16-2/h6,8,11H,4-5,7,9H2,1-3H3/b8-6+. The monoisotopic (exact) mass is 264 g/mol. The van der Waals surface area contributed by atoms with E-state index in [-0.39, 0.29) is 0 Å². The largest absolute Gasteiger partial charge is 0.466 e. The minimum Gasteiger partial charge on any atom is -0.466 e. The van der Waals surface area contributed by atoms with Crippen LogP contribution in [-0.2, 0) is 19.6 Å². The van der Waals surface area contributed by atoms with Crippen molar-refractivity contribution >= 4 is 16.0 Å². The Morgan fingerprint density at radius 3 is 2.59 bits per heavy atom. The van der Waals surface area contributed by atoms with Gasteiger partial charge in [-0.05, 0) is 6.42 Å².